The molecule has 0 atom stereocenters. The highest BCUT2D eigenvalue weighted by Gasteiger charge is 2.25. The third-order valence-corrected chi connectivity index (χ3v) is 7.82. The van der Waals surface area contributed by atoms with Gasteiger partial charge in [-0.25, -0.2) is 13.4 Å². The van der Waals surface area contributed by atoms with E-state index in [-0.39, 0.29) is 5.91 Å². The normalized spacial score (nSPS) is 15.6. The minimum Gasteiger partial charge on any atom is -0.347 e. The first-order chi connectivity index (χ1) is 13.5. The molecular weight excluding hydrogens is 394 g/mol. The molecule has 0 saturated carbocycles. The first-order valence-corrected chi connectivity index (χ1v) is 11.5. The fraction of sp³-hybridized carbons (Fsp3) is 0.300. The summed E-state index contributed by atoms with van der Waals surface area (Å²) in [4.78, 5) is 18.4. The van der Waals surface area contributed by atoms with Gasteiger partial charge in [0.05, 0.1) is 9.77 Å². The molecular formula is C20H21N3O3S2. The average Bonchev–Trinajstić information content (AvgIpc) is 3.17. The summed E-state index contributed by atoms with van der Waals surface area (Å²) in [7, 11) is -3.43. The van der Waals surface area contributed by atoms with Crippen LogP contribution in [-0.4, -0.2) is 36.7 Å². The van der Waals surface area contributed by atoms with E-state index >= 15 is 0 Å². The number of hydrogen-bond acceptors (Lipinski definition) is 5. The van der Waals surface area contributed by atoms with Crippen LogP contribution < -0.4 is 5.32 Å². The summed E-state index contributed by atoms with van der Waals surface area (Å²) >= 11 is 1.35. The van der Waals surface area contributed by atoms with Crippen LogP contribution in [0.4, 0.5) is 0 Å². The summed E-state index contributed by atoms with van der Waals surface area (Å²) < 4.78 is 26.9. The van der Waals surface area contributed by atoms with Crippen LogP contribution in [0, 0.1) is 0 Å². The number of carbonyl (C=O) groups is 1. The number of thiophene rings is 1. The smallest absolute Gasteiger partial charge is 0.261 e. The number of sulfonamides is 1. The standard InChI is InChI=1S/C20H21N3O3S2/c24-19(18-13-16-5-4-10-21-20(16)27-18)22-14-15-6-8-17(9-7-15)28(25,26)23-11-2-1-3-12-23/h4-10,13H,1-3,11-12,14H2,(H,22,24). The molecule has 0 bridgehead atoms. The van der Waals surface area contributed by atoms with Gasteiger partial charge in [0.2, 0.25) is 10.0 Å². The number of nitrogens with one attached hydrogen (secondary N) is 1. The van der Waals surface area contributed by atoms with E-state index in [1.165, 1.54) is 11.3 Å². The van der Waals surface area contributed by atoms with Gasteiger partial charge in [0, 0.05) is 31.2 Å². The van der Waals surface area contributed by atoms with E-state index in [9.17, 15) is 13.2 Å². The number of rotatable bonds is 5. The van der Waals surface area contributed by atoms with E-state index in [4.69, 9.17) is 0 Å². The zero-order chi connectivity index (χ0) is 19.6. The molecule has 1 fully saturated rings. The minimum atomic E-state index is -3.43. The highest BCUT2D eigenvalue weighted by Crippen LogP contribution is 2.23. The summed E-state index contributed by atoms with van der Waals surface area (Å²) in [5, 5.41) is 3.83. The fourth-order valence-corrected chi connectivity index (χ4v) is 5.72. The molecule has 3 aromatic rings. The van der Waals surface area contributed by atoms with Gasteiger partial charge in [-0.2, -0.15) is 4.31 Å². The number of hydrogen-bond donors (Lipinski definition) is 1. The Hall–Kier alpha value is -2.29. The van der Waals surface area contributed by atoms with Gasteiger partial charge in [0.15, 0.2) is 0 Å². The lowest BCUT2D eigenvalue weighted by molar-refractivity contribution is 0.0955. The summed E-state index contributed by atoms with van der Waals surface area (Å²) in [6.45, 7) is 1.51. The molecule has 1 N–H and O–H groups in total. The SMILES string of the molecule is O=C(NCc1ccc(S(=O)(=O)N2CCCCC2)cc1)c1cc2cccnc2s1. The van der Waals surface area contributed by atoms with E-state index in [0.29, 0.717) is 29.4 Å². The van der Waals surface area contributed by atoms with E-state index in [2.05, 4.69) is 10.3 Å². The van der Waals surface area contributed by atoms with Crippen molar-refractivity contribution in [2.45, 2.75) is 30.7 Å². The molecule has 4 rings (SSSR count). The van der Waals surface area contributed by atoms with Gasteiger partial charge in [0.25, 0.3) is 5.91 Å². The van der Waals surface area contributed by atoms with Crippen molar-refractivity contribution in [3.8, 4) is 0 Å². The highest BCUT2D eigenvalue weighted by atomic mass is 32.2. The number of aromatic nitrogens is 1. The van der Waals surface area contributed by atoms with Gasteiger partial charge in [-0.15, -0.1) is 11.3 Å². The molecule has 3 heterocycles. The van der Waals surface area contributed by atoms with Crippen molar-refractivity contribution < 1.29 is 13.2 Å². The highest BCUT2D eigenvalue weighted by molar-refractivity contribution is 7.89. The Bertz CT molecular complexity index is 1050. The molecule has 1 aliphatic heterocycles. The van der Waals surface area contributed by atoms with Crippen molar-refractivity contribution in [3.05, 3.63) is 59.1 Å². The second-order valence-corrected chi connectivity index (χ2v) is 9.77. The van der Waals surface area contributed by atoms with Crippen LogP contribution in [0.25, 0.3) is 10.2 Å². The molecule has 0 radical (unpaired) electrons. The molecule has 2 aromatic heterocycles. The van der Waals surface area contributed by atoms with Crippen molar-refractivity contribution >= 4 is 37.5 Å². The summed E-state index contributed by atoms with van der Waals surface area (Å²) in [6, 6.07) is 12.3. The molecule has 0 aliphatic carbocycles. The van der Waals surface area contributed by atoms with Crippen LogP contribution in [0.2, 0.25) is 0 Å². The van der Waals surface area contributed by atoms with Crippen LogP contribution in [0.1, 0.15) is 34.5 Å². The van der Waals surface area contributed by atoms with Gasteiger partial charge >= 0.3 is 0 Å². The fourth-order valence-electron chi connectivity index (χ4n) is 3.29. The first-order valence-electron chi connectivity index (χ1n) is 9.26. The zero-order valence-electron chi connectivity index (χ0n) is 15.3. The van der Waals surface area contributed by atoms with E-state index in [0.717, 1.165) is 35.0 Å². The second kappa shape index (κ2) is 7.98. The predicted octanol–water partition coefficient (Wildman–Crippen LogP) is 3.40. The van der Waals surface area contributed by atoms with Gasteiger partial charge in [-0.1, -0.05) is 24.6 Å². The number of benzene rings is 1. The molecule has 6 nitrogen and oxygen atoms in total. The summed E-state index contributed by atoms with van der Waals surface area (Å²) in [5.41, 5.74) is 0.852. The number of amides is 1. The maximum atomic E-state index is 12.7. The van der Waals surface area contributed by atoms with Crippen LogP contribution in [0.3, 0.4) is 0 Å². The third kappa shape index (κ3) is 3.94. The Labute approximate surface area is 168 Å². The number of pyridine rings is 1. The summed E-state index contributed by atoms with van der Waals surface area (Å²) in [5.74, 6) is -0.159. The molecule has 8 heteroatoms. The number of fused-ring (bicyclic) bond motifs is 1. The molecule has 146 valence electrons. The third-order valence-electron chi connectivity index (χ3n) is 4.85. The lowest BCUT2D eigenvalue weighted by Crippen LogP contribution is -2.35. The van der Waals surface area contributed by atoms with Gasteiger partial charge in [-0.3, -0.25) is 4.79 Å². The maximum absolute atomic E-state index is 12.7. The number of piperidine rings is 1. The van der Waals surface area contributed by atoms with Crippen molar-refractivity contribution in [1.82, 2.24) is 14.6 Å². The van der Waals surface area contributed by atoms with Crippen molar-refractivity contribution in [2.75, 3.05) is 13.1 Å². The predicted molar refractivity (Wildman–Crippen MR) is 110 cm³/mol. The topological polar surface area (TPSA) is 79.4 Å². The monoisotopic (exact) mass is 415 g/mol. The zero-order valence-corrected chi connectivity index (χ0v) is 16.9. The molecule has 1 aliphatic rings. The second-order valence-electron chi connectivity index (χ2n) is 6.80. The van der Waals surface area contributed by atoms with E-state index in [1.54, 1.807) is 34.8 Å². The largest absolute Gasteiger partial charge is 0.347 e. The Morgan fingerprint density at radius 2 is 1.86 bits per heavy atom. The molecule has 0 spiro atoms. The Morgan fingerprint density at radius 3 is 2.57 bits per heavy atom. The lowest BCUT2D eigenvalue weighted by Gasteiger charge is -2.25. The van der Waals surface area contributed by atoms with Gasteiger partial charge in [-0.05, 0) is 42.7 Å². The maximum Gasteiger partial charge on any atom is 0.261 e. The molecule has 28 heavy (non-hydrogen) atoms. The van der Waals surface area contributed by atoms with Gasteiger partial charge in [0.1, 0.15) is 4.83 Å². The molecule has 1 amide bonds. The van der Waals surface area contributed by atoms with E-state index in [1.807, 2.05) is 18.2 Å². The first kappa shape index (κ1) is 19.0. The van der Waals surface area contributed by atoms with Crippen molar-refractivity contribution in [3.63, 3.8) is 0 Å². The van der Waals surface area contributed by atoms with Crippen LogP contribution >= 0.6 is 11.3 Å². The lowest BCUT2D eigenvalue weighted by atomic mass is 10.2. The quantitative estimate of drug-likeness (QED) is 0.693. The number of nitrogens with zero attached hydrogens (tertiary/aromatic N) is 2. The van der Waals surface area contributed by atoms with Crippen molar-refractivity contribution in [2.24, 2.45) is 0 Å². The Kier molecular flexibility index (Phi) is 5.43. The van der Waals surface area contributed by atoms with Gasteiger partial charge < -0.3 is 5.32 Å². The Morgan fingerprint density at radius 1 is 1.11 bits per heavy atom. The molecule has 1 aromatic carbocycles. The number of carbonyl (C=O) groups excluding carboxylic acids is 1. The average molecular weight is 416 g/mol. The molecule has 0 unspecified atom stereocenters. The van der Waals surface area contributed by atoms with E-state index < -0.39 is 10.0 Å². The van der Waals surface area contributed by atoms with Crippen LogP contribution in [0.5, 0.6) is 0 Å². The Balaban J connectivity index is 1.41. The summed E-state index contributed by atoms with van der Waals surface area (Å²) in [6.07, 6.45) is 4.62. The van der Waals surface area contributed by atoms with Crippen LogP contribution in [-0.2, 0) is 16.6 Å². The van der Waals surface area contributed by atoms with Crippen molar-refractivity contribution in [1.29, 1.82) is 0 Å². The van der Waals surface area contributed by atoms with Crippen LogP contribution in [0.15, 0.2) is 53.6 Å². The molecule has 1 saturated heterocycles. The minimum absolute atomic E-state index is 0.159.